The van der Waals surface area contributed by atoms with Gasteiger partial charge >= 0.3 is 6.09 Å². The highest BCUT2D eigenvalue weighted by atomic mass is 19.1. The normalized spacial score (nSPS) is 17.4. The molecule has 34 heavy (non-hydrogen) atoms. The summed E-state index contributed by atoms with van der Waals surface area (Å²) >= 11 is 0. The van der Waals surface area contributed by atoms with Crippen molar-refractivity contribution in [3.05, 3.63) is 41.6 Å². The number of carbonyl (C=O) groups is 1. The summed E-state index contributed by atoms with van der Waals surface area (Å²) in [4.78, 5) is 22.3. The number of hydrogen-bond donors (Lipinski definition) is 3. The van der Waals surface area contributed by atoms with Gasteiger partial charge in [0.15, 0.2) is 5.82 Å². The van der Waals surface area contributed by atoms with Gasteiger partial charge in [0.2, 0.25) is 0 Å². The molecule has 3 aromatic rings. The number of halogens is 1. The number of rotatable bonds is 3. The quantitative estimate of drug-likeness (QED) is 0.479. The van der Waals surface area contributed by atoms with Crippen LogP contribution in [0.5, 0.6) is 0 Å². The highest BCUT2D eigenvalue weighted by Crippen LogP contribution is 2.41. The number of ether oxygens (including phenoxy) is 1. The van der Waals surface area contributed by atoms with Gasteiger partial charge in [-0.2, -0.15) is 0 Å². The van der Waals surface area contributed by atoms with Crippen molar-refractivity contribution in [3.8, 4) is 11.1 Å². The second-order valence-electron chi connectivity index (χ2n) is 9.72. The molecule has 0 atom stereocenters. The monoisotopic (exact) mass is 465 g/mol. The van der Waals surface area contributed by atoms with Crippen LogP contribution in [0.4, 0.5) is 26.4 Å². The number of nitrogens with one attached hydrogen (secondary N) is 1. The van der Waals surface area contributed by atoms with Crippen LogP contribution in [-0.4, -0.2) is 46.0 Å². The molecule has 1 fully saturated rings. The molecule has 1 amide bonds. The van der Waals surface area contributed by atoms with E-state index in [2.05, 4.69) is 29.1 Å². The smallest absolute Gasteiger partial charge is 0.413 e. The number of anilines is 3. The third-order valence-electron chi connectivity index (χ3n) is 6.77. The summed E-state index contributed by atoms with van der Waals surface area (Å²) < 4.78 is 20.8. The number of nitrogens with zero attached hydrogens (tertiary/aromatic N) is 3. The molecular weight excluding hydrogens is 437 g/mol. The summed E-state index contributed by atoms with van der Waals surface area (Å²) in [6.45, 7) is 7.14. The topological polar surface area (TPSA) is 114 Å². The molecule has 1 saturated heterocycles. The van der Waals surface area contributed by atoms with E-state index in [-0.39, 0.29) is 23.1 Å². The zero-order chi connectivity index (χ0) is 24.2. The zero-order valence-electron chi connectivity index (χ0n) is 19.5. The number of pyridine rings is 2. The molecule has 2 aliphatic rings. The minimum atomic E-state index is -1.08. The number of fused-ring (bicyclic) bond motifs is 2. The second-order valence-corrected chi connectivity index (χ2v) is 9.72. The fraction of sp³-hybridized carbons (Fsp3) is 0.400. The maximum atomic E-state index is 15.5. The molecule has 0 radical (unpaired) electrons. The van der Waals surface area contributed by atoms with Gasteiger partial charge in [-0.05, 0) is 56.7 Å². The van der Waals surface area contributed by atoms with E-state index in [0.29, 0.717) is 48.0 Å². The molecule has 4 N–H and O–H groups in total. The Bertz CT molecular complexity index is 1300. The van der Waals surface area contributed by atoms with E-state index in [4.69, 9.17) is 10.5 Å². The lowest BCUT2D eigenvalue weighted by atomic mass is 9.96. The molecule has 178 valence electrons. The van der Waals surface area contributed by atoms with Crippen molar-refractivity contribution in [1.29, 1.82) is 0 Å². The minimum Gasteiger partial charge on any atom is -0.465 e. The SMILES string of the molecule is Cc1c(-c2cc3cc(N(C(=O)O)C4CCOCC4)ncc3c(N)c2F)cnc2c1NC(C)(C)C2. The summed E-state index contributed by atoms with van der Waals surface area (Å²) in [6, 6.07) is 3.13. The number of aromatic nitrogens is 2. The molecular formula is C25H28FN5O3. The van der Waals surface area contributed by atoms with E-state index in [1.165, 1.54) is 11.1 Å². The lowest BCUT2D eigenvalue weighted by Crippen LogP contribution is -2.43. The molecule has 5 rings (SSSR count). The Morgan fingerprint density at radius 2 is 1.97 bits per heavy atom. The van der Waals surface area contributed by atoms with Gasteiger partial charge in [0.1, 0.15) is 5.82 Å². The van der Waals surface area contributed by atoms with Crippen molar-refractivity contribution < 1.29 is 19.0 Å². The number of amides is 1. The summed E-state index contributed by atoms with van der Waals surface area (Å²) in [5, 5.41) is 14.4. The van der Waals surface area contributed by atoms with Crippen LogP contribution in [0.15, 0.2) is 24.5 Å². The molecule has 0 aliphatic carbocycles. The van der Waals surface area contributed by atoms with Crippen molar-refractivity contribution in [2.45, 2.75) is 51.6 Å². The third-order valence-corrected chi connectivity index (χ3v) is 6.77. The number of carboxylic acid groups (broad SMARTS) is 1. The molecule has 0 bridgehead atoms. The van der Waals surface area contributed by atoms with Crippen molar-refractivity contribution >= 4 is 34.1 Å². The number of hydrogen-bond acceptors (Lipinski definition) is 6. The van der Waals surface area contributed by atoms with Crippen molar-refractivity contribution in [2.75, 3.05) is 29.2 Å². The number of nitrogens with two attached hydrogens (primary N) is 1. The number of benzene rings is 1. The number of nitrogen functional groups attached to an aromatic ring is 1. The molecule has 1 aromatic carbocycles. The Morgan fingerprint density at radius 3 is 2.68 bits per heavy atom. The molecule has 9 heteroatoms. The van der Waals surface area contributed by atoms with Gasteiger partial charge in [0, 0.05) is 60.1 Å². The van der Waals surface area contributed by atoms with Gasteiger partial charge in [-0.25, -0.2) is 14.2 Å². The molecule has 2 aromatic heterocycles. The second kappa shape index (κ2) is 8.09. The van der Waals surface area contributed by atoms with Crippen LogP contribution in [0.1, 0.15) is 37.9 Å². The Kier molecular flexibility index (Phi) is 5.31. The van der Waals surface area contributed by atoms with Crippen LogP contribution < -0.4 is 16.0 Å². The van der Waals surface area contributed by atoms with Gasteiger partial charge in [-0.3, -0.25) is 9.88 Å². The maximum Gasteiger partial charge on any atom is 0.413 e. The predicted octanol–water partition coefficient (Wildman–Crippen LogP) is 4.74. The van der Waals surface area contributed by atoms with Gasteiger partial charge in [0.25, 0.3) is 0 Å². The summed E-state index contributed by atoms with van der Waals surface area (Å²) in [5.41, 5.74) is 9.81. The first-order valence-corrected chi connectivity index (χ1v) is 11.4. The molecule has 4 heterocycles. The van der Waals surface area contributed by atoms with E-state index < -0.39 is 11.9 Å². The Balaban J connectivity index is 1.62. The van der Waals surface area contributed by atoms with E-state index in [9.17, 15) is 9.90 Å². The zero-order valence-corrected chi connectivity index (χ0v) is 19.5. The summed E-state index contributed by atoms with van der Waals surface area (Å²) in [5.74, 6) is -0.250. The molecule has 0 unspecified atom stereocenters. The first kappa shape index (κ1) is 22.3. The van der Waals surface area contributed by atoms with Crippen LogP contribution in [-0.2, 0) is 11.2 Å². The van der Waals surface area contributed by atoms with Crippen molar-refractivity contribution in [2.24, 2.45) is 0 Å². The van der Waals surface area contributed by atoms with E-state index in [0.717, 1.165) is 23.4 Å². The molecule has 8 nitrogen and oxygen atoms in total. The first-order valence-electron chi connectivity index (χ1n) is 11.4. The average molecular weight is 466 g/mol. The third kappa shape index (κ3) is 3.69. The Morgan fingerprint density at radius 1 is 1.24 bits per heavy atom. The van der Waals surface area contributed by atoms with Crippen LogP contribution >= 0.6 is 0 Å². The fourth-order valence-corrected chi connectivity index (χ4v) is 5.03. The maximum absolute atomic E-state index is 15.5. The molecule has 0 spiro atoms. The van der Waals surface area contributed by atoms with Gasteiger partial charge in [0.05, 0.1) is 17.1 Å². The van der Waals surface area contributed by atoms with Crippen LogP contribution in [0.2, 0.25) is 0 Å². The highest BCUT2D eigenvalue weighted by Gasteiger charge is 2.32. The summed E-state index contributed by atoms with van der Waals surface area (Å²) in [6.07, 6.45) is 4.02. The largest absolute Gasteiger partial charge is 0.465 e. The van der Waals surface area contributed by atoms with Gasteiger partial charge in [-0.15, -0.1) is 0 Å². The first-order chi connectivity index (χ1) is 16.2. The van der Waals surface area contributed by atoms with Crippen molar-refractivity contribution in [3.63, 3.8) is 0 Å². The summed E-state index contributed by atoms with van der Waals surface area (Å²) in [7, 11) is 0. The lowest BCUT2D eigenvalue weighted by Gasteiger charge is -2.31. The highest BCUT2D eigenvalue weighted by molar-refractivity contribution is 5.99. The van der Waals surface area contributed by atoms with Crippen molar-refractivity contribution in [1.82, 2.24) is 9.97 Å². The Labute approximate surface area is 196 Å². The predicted molar refractivity (Wildman–Crippen MR) is 130 cm³/mol. The van der Waals surface area contributed by atoms with E-state index in [1.54, 1.807) is 18.3 Å². The van der Waals surface area contributed by atoms with Crippen LogP contribution in [0.3, 0.4) is 0 Å². The van der Waals surface area contributed by atoms with Crippen LogP contribution in [0, 0.1) is 12.7 Å². The minimum absolute atomic E-state index is 0.0207. The Hall–Kier alpha value is -3.46. The average Bonchev–Trinajstić information content (AvgIpc) is 3.12. The molecule has 2 aliphatic heterocycles. The van der Waals surface area contributed by atoms with E-state index in [1.807, 2.05) is 6.92 Å². The van der Waals surface area contributed by atoms with Gasteiger partial charge in [-0.1, -0.05) is 0 Å². The van der Waals surface area contributed by atoms with E-state index >= 15 is 4.39 Å². The van der Waals surface area contributed by atoms with Crippen LogP contribution in [0.25, 0.3) is 21.9 Å². The fourth-order valence-electron chi connectivity index (χ4n) is 5.03. The standard InChI is InChI=1S/C25H28FN5O3/c1-13-17(11-28-19-10-25(2,3)30-23(13)19)16-8-14-9-20(29-12-18(14)22(27)21(16)26)31(24(32)33)15-4-6-34-7-5-15/h8-9,11-12,15,30H,4-7,10,27H2,1-3H3,(H,32,33). The molecule has 0 saturated carbocycles. The lowest BCUT2D eigenvalue weighted by molar-refractivity contribution is 0.0836. The van der Waals surface area contributed by atoms with Gasteiger partial charge < -0.3 is 20.9 Å².